The smallest absolute Gasteiger partial charge is 0.245 e. The monoisotopic (exact) mass is 536 g/mol. The van der Waals surface area contributed by atoms with Crippen LogP contribution in [0.25, 0.3) is 16.8 Å². The number of halogens is 2. The zero-order valence-corrected chi connectivity index (χ0v) is 21.4. The Morgan fingerprint density at radius 2 is 2.11 bits per heavy atom. The molecule has 38 heavy (non-hydrogen) atoms. The molecule has 0 radical (unpaired) electrons. The molecule has 0 aliphatic carbocycles. The van der Waals surface area contributed by atoms with Crippen LogP contribution in [0.5, 0.6) is 5.88 Å². The van der Waals surface area contributed by atoms with E-state index in [1.54, 1.807) is 24.3 Å². The van der Waals surface area contributed by atoms with Crippen LogP contribution in [-0.4, -0.2) is 51.5 Å². The summed E-state index contributed by atoms with van der Waals surface area (Å²) < 4.78 is 33.2. The Labute approximate surface area is 223 Å². The molecule has 0 spiro atoms. The normalized spacial score (nSPS) is 17.8. The average molecular weight is 537 g/mol. The van der Waals surface area contributed by atoms with Gasteiger partial charge in [0.2, 0.25) is 11.6 Å². The highest BCUT2D eigenvalue weighted by Crippen LogP contribution is 2.27. The molecule has 0 amide bonds. The molecule has 0 N–H and O–H groups in total. The molecule has 3 aromatic heterocycles. The van der Waals surface area contributed by atoms with Gasteiger partial charge in [0.05, 0.1) is 24.9 Å². The molecule has 2 aliphatic heterocycles. The lowest BCUT2D eigenvalue weighted by Gasteiger charge is -2.29. The predicted molar refractivity (Wildman–Crippen MR) is 140 cm³/mol. The molecule has 1 saturated heterocycles. The van der Waals surface area contributed by atoms with Crippen molar-refractivity contribution in [3.63, 3.8) is 0 Å². The lowest BCUT2D eigenvalue weighted by atomic mass is 10.0. The summed E-state index contributed by atoms with van der Waals surface area (Å²) >= 11 is 5.83. The van der Waals surface area contributed by atoms with Crippen LogP contribution in [0.3, 0.4) is 0 Å². The number of ether oxygens (including phenoxy) is 2. The van der Waals surface area contributed by atoms with E-state index in [-0.39, 0.29) is 18.5 Å². The van der Waals surface area contributed by atoms with Crippen molar-refractivity contribution in [2.24, 2.45) is 0 Å². The minimum absolute atomic E-state index is 0.0715. The lowest BCUT2D eigenvalue weighted by molar-refractivity contribution is -0.0591. The van der Waals surface area contributed by atoms with Crippen LogP contribution in [0.4, 0.5) is 4.39 Å². The molecule has 1 fully saturated rings. The summed E-state index contributed by atoms with van der Waals surface area (Å²) in [6.07, 6.45) is 4.86. The maximum atomic E-state index is 14.1. The summed E-state index contributed by atoms with van der Waals surface area (Å²) in [5, 5.41) is 0.349. The van der Waals surface area contributed by atoms with E-state index in [9.17, 15) is 9.18 Å². The predicted octanol–water partition coefficient (Wildman–Crippen LogP) is 5.29. The standard InChI is InChI=1S/C28H26ClFN4O4/c29-20-5-4-19(23(30)12-20)17-37-27-3-1-2-24(31-27)18-6-9-33(10-7-18)15-26-32-28-25(13-22(16-35)38-28)34(26)14-21-8-11-36-21/h1-6,12-13,16,21H,7-11,14-15,17H2. The van der Waals surface area contributed by atoms with Crippen molar-refractivity contribution < 1.29 is 23.1 Å². The molecule has 1 unspecified atom stereocenters. The molecule has 0 saturated carbocycles. The van der Waals surface area contributed by atoms with Gasteiger partial charge in [-0.25, -0.2) is 9.37 Å². The Morgan fingerprint density at radius 1 is 1.21 bits per heavy atom. The molecule has 0 bridgehead atoms. The molecule has 4 aromatic rings. The number of aromatic nitrogens is 3. The van der Waals surface area contributed by atoms with Gasteiger partial charge in [-0.05, 0) is 36.6 Å². The van der Waals surface area contributed by atoms with E-state index < -0.39 is 5.82 Å². The van der Waals surface area contributed by atoms with E-state index in [0.717, 1.165) is 55.1 Å². The number of furan rings is 1. The highest BCUT2D eigenvalue weighted by atomic mass is 35.5. The second-order valence-corrected chi connectivity index (χ2v) is 9.91. The molecule has 1 atom stereocenters. The fourth-order valence-electron chi connectivity index (χ4n) is 4.75. The number of carbonyl (C=O) groups is 1. The Hall–Kier alpha value is -3.53. The summed E-state index contributed by atoms with van der Waals surface area (Å²) in [6.45, 7) is 3.77. The van der Waals surface area contributed by atoms with Crippen LogP contribution < -0.4 is 4.74 Å². The molecular weight excluding hydrogens is 511 g/mol. The lowest BCUT2D eigenvalue weighted by Crippen LogP contribution is -2.33. The second kappa shape index (κ2) is 10.7. The first-order chi connectivity index (χ1) is 18.6. The summed E-state index contributed by atoms with van der Waals surface area (Å²) in [7, 11) is 0. The number of benzene rings is 1. The van der Waals surface area contributed by atoms with Crippen molar-refractivity contribution >= 4 is 34.7 Å². The summed E-state index contributed by atoms with van der Waals surface area (Å²) in [4.78, 5) is 22.8. The summed E-state index contributed by atoms with van der Waals surface area (Å²) in [5.41, 5.74) is 3.71. The topological polar surface area (TPSA) is 82.6 Å². The van der Waals surface area contributed by atoms with Gasteiger partial charge in [0, 0.05) is 42.4 Å². The van der Waals surface area contributed by atoms with Crippen molar-refractivity contribution in [3.05, 3.63) is 82.2 Å². The van der Waals surface area contributed by atoms with E-state index >= 15 is 0 Å². The summed E-state index contributed by atoms with van der Waals surface area (Å²) in [5.74, 6) is 1.21. The SMILES string of the molecule is O=Cc1cc2c(nc(CN3CC=C(c4cccc(OCc5ccc(Cl)cc5F)n4)CC3)n2CC2CCO2)o1. The Kier molecular flexibility index (Phi) is 6.97. The van der Waals surface area contributed by atoms with Gasteiger partial charge in [0.25, 0.3) is 0 Å². The first kappa shape index (κ1) is 24.8. The number of hydrogen-bond donors (Lipinski definition) is 0. The number of hydrogen-bond acceptors (Lipinski definition) is 7. The van der Waals surface area contributed by atoms with E-state index in [2.05, 4.69) is 25.5 Å². The first-order valence-electron chi connectivity index (χ1n) is 12.6. The third-order valence-electron chi connectivity index (χ3n) is 6.94. The number of imidazole rings is 1. The van der Waals surface area contributed by atoms with Gasteiger partial charge >= 0.3 is 0 Å². The fourth-order valence-corrected chi connectivity index (χ4v) is 4.91. The molecule has 10 heteroatoms. The molecule has 2 aliphatic rings. The quantitative estimate of drug-likeness (QED) is 0.269. The number of fused-ring (bicyclic) bond motifs is 1. The number of rotatable bonds is 9. The van der Waals surface area contributed by atoms with Gasteiger partial charge in [-0.1, -0.05) is 29.8 Å². The van der Waals surface area contributed by atoms with E-state index in [1.165, 1.54) is 6.07 Å². The van der Waals surface area contributed by atoms with Crippen molar-refractivity contribution in [1.29, 1.82) is 0 Å². The zero-order chi connectivity index (χ0) is 26.1. The van der Waals surface area contributed by atoms with Gasteiger partial charge in [-0.2, -0.15) is 4.98 Å². The number of carbonyl (C=O) groups excluding carboxylic acids is 1. The van der Waals surface area contributed by atoms with Gasteiger partial charge in [-0.15, -0.1) is 0 Å². The van der Waals surface area contributed by atoms with Crippen molar-refractivity contribution in [3.8, 4) is 5.88 Å². The van der Waals surface area contributed by atoms with Crippen molar-refractivity contribution in [2.45, 2.75) is 38.6 Å². The minimum atomic E-state index is -0.401. The van der Waals surface area contributed by atoms with Crippen LogP contribution in [0.15, 0.2) is 53.0 Å². The van der Waals surface area contributed by atoms with Gasteiger partial charge < -0.3 is 18.5 Å². The maximum absolute atomic E-state index is 14.1. The molecule has 1 aromatic carbocycles. The third kappa shape index (κ3) is 5.22. The van der Waals surface area contributed by atoms with Crippen LogP contribution in [0, 0.1) is 5.82 Å². The largest absolute Gasteiger partial charge is 0.473 e. The second-order valence-electron chi connectivity index (χ2n) is 9.48. The molecular formula is C28H26ClFN4O4. The number of nitrogens with zero attached hydrogens (tertiary/aromatic N) is 4. The van der Waals surface area contributed by atoms with Gasteiger partial charge in [0.1, 0.15) is 23.8 Å². The molecule has 8 nitrogen and oxygen atoms in total. The van der Waals surface area contributed by atoms with Crippen LogP contribution >= 0.6 is 11.6 Å². The Balaban J connectivity index is 1.12. The van der Waals surface area contributed by atoms with Gasteiger partial charge in [0.15, 0.2) is 12.0 Å². The van der Waals surface area contributed by atoms with Crippen LogP contribution in [0.1, 0.15) is 40.5 Å². The average Bonchev–Trinajstić information content (AvgIpc) is 3.44. The van der Waals surface area contributed by atoms with E-state index in [0.29, 0.717) is 41.6 Å². The van der Waals surface area contributed by atoms with Crippen molar-refractivity contribution in [1.82, 2.24) is 19.4 Å². The molecule has 5 heterocycles. The van der Waals surface area contributed by atoms with Crippen LogP contribution in [-0.2, 0) is 24.4 Å². The summed E-state index contributed by atoms with van der Waals surface area (Å²) in [6, 6.07) is 11.9. The number of pyridine rings is 1. The zero-order valence-electron chi connectivity index (χ0n) is 20.6. The Morgan fingerprint density at radius 3 is 2.84 bits per heavy atom. The third-order valence-corrected chi connectivity index (χ3v) is 7.18. The first-order valence-corrected chi connectivity index (χ1v) is 12.9. The highest BCUT2D eigenvalue weighted by Gasteiger charge is 2.25. The van der Waals surface area contributed by atoms with Crippen molar-refractivity contribution in [2.75, 3.05) is 19.7 Å². The minimum Gasteiger partial charge on any atom is -0.473 e. The van der Waals surface area contributed by atoms with Crippen LogP contribution in [0.2, 0.25) is 5.02 Å². The Bertz CT molecular complexity index is 1510. The van der Waals surface area contributed by atoms with Gasteiger partial charge in [-0.3, -0.25) is 9.69 Å². The number of aldehydes is 1. The van der Waals surface area contributed by atoms with E-state index in [4.69, 9.17) is 25.5 Å². The highest BCUT2D eigenvalue weighted by molar-refractivity contribution is 6.30. The fraction of sp³-hybridized carbons (Fsp3) is 0.321. The maximum Gasteiger partial charge on any atom is 0.245 e. The molecule has 196 valence electrons. The molecule has 6 rings (SSSR count). The van der Waals surface area contributed by atoms with E-state index in [1.807, 2.05) is 12.1 Å².